The predicted octanol–water partition coefficient (Wildman–Crippen LogP) is 0.860. The van der Waals surface area contributed by atoms with Crippen LogP contribution in [0.1, 0.15) is 18.9 Å². The molecule has 0 fully saturated rings. The zero-order chi connectivity index (χ0) is 12.0. The molecule has 0 aromatic heterocycles. The van der Waals surface area contributed by atoms with Crippen LogP contribution in [0.3, 0.4) is 0 Å². The summed E-state index contributed by atoms with van der Waals surface area (Å²) in [6.45, 7) is 2.26. The Morgan fingerprint density at radius 1 is 1.19 bits per heavy atom. The van der Waals surface area contributed by atoms with E-state index in [9.17, 15) is 0 Å². The molecule has 16 heavy (non-hydrogen) atoms. The van der Waals surface area contributed by atoms with Crippen molar-refractivity contribution in [1.82, 2.24) is 0 Å². The van der Waals surface area contributed by atoms with Crippen LogP contribution in [-0.4, -0.2) is 27.9 Å². The molecule has 0 radical (unpaired) electrons. The molecule has 0 heterocycles. The summed E-state index contributed by atoms with van der Waals surface area (Å²) in [6.07, 6.45) is 0.429. The van der Waals surface area contributed by atoms with E-state index in [-0.39, 0.29) is 6.61 Å². The zero-order valence-electron chi connectivity index (χ0n) is 9.34. The molecule has 0 spiro atoms. The van der Waals surface area contributed by atoms with Gasteiger partial charge in [0.2, 0.25) is 0 Å². The van der Waals surface area contributed by atoms with Crippen molar-refractivity contribution in [1.29, 1.82) is 0 Å². The first-order chi connectivity index (χ1) is 7.54. The molecule has 0 saturated heterocycles. The Labute approximate surface area is 95.1 Å². The van der Waals surface area contributed by atoms with E-state index in [4.69, 9.17) is 20.1 Å². The molecule has 0 bridgehead atoms. The van der Waals surface area contributed by atoms with Gasteiger partial charge in [-0.05, 0) is 12.0 Å². The lowest BCUT2D eigenvalue weighted by atomic mass is 10.1. The standard InChI is InChI=1S/C12H18O4/c1-2-11(12(13,14)15)9-16-8-10-6-4-3-5-7-10/h3-7,11,13-15H,2,8-9H2,1H3. The minimum atomic E-state index is -2.66. The molecule has 1 aromatic rings. The number of hydrogen-bond acceptors (Lipinski definition) is 4. The van der Waals surface area contributed by atoms with Crippen LogP contribution >= 0.6 is 0 Å². The van der Waals surface area contributed by atoms with Crippen LogP contribution in [0.5, 0.6) is 0 Å². The number of hydrogen-bond donors (Lipinski definition) is 3. The number of rotatable bonds is 6. The third-order valence-electron chi connectivity index (χ3n) is 2.47. The van der Waals surface area contributed by atoms with Crippen molar-refractivity contribution in [2.75, 3.05) is 6.61 Å². The van der Waals surface area contributed by atoms with Gasteiger partial charge < -0.3 is 20.1 Å². The molecule has 0 aliphatic heterocycles. The van der Waals surface area contributed by atoms with E-state index in [1.165, 1.54) is 0 Å². The number of aliphatic hydroxyl groups is 3. The molecule has 0 saturated carbocycles. The summed E-state index contributed by atoms with van der Waals surface area (Å²) in [5.41, 5.74) is 1.01. The second-order valence-corrected chi connectivity index (χ2v) is 3.79. The van der Waals surface area contributed by atoms with Crippen LogP contribution in [0.2, 0.25) is 0 Å². The summed E-state index contributed by atoms with van der Waals surface area (Å²) in [6, 6.07) is 9.57. The molecule has 0 aliphatic carbocycles. The average Bonchev–Trinajstić information content (AvgIpc) is 2.24. The van der Waals surface area contributed by atoms with E-state index < -0.39 is 11.9 Å². The highest BCUT2D eigenvalue weighted by Gasteiger charge is 2.30. The maximum Gasteiger partial charge on any atom is 0.280 e. The van der Waals surface area contributed by atoms with E-state index in [1.54, 1.807) is 6.92 Å². The van der Waals surface area contributed by atoms with Crippen LogP contribution < -0.4 is 0 Å². The molecule has 1 unspecified atom stereocenters. The number of ether oxygens (including phenoxy) is 1. The number of benzene rings is 1. The Balaban J connectivity index is 2.35. The summed E-state index contributed by atoms with van der Waals surface area (Å²) < 4.78 is 5.32. The maximum absolute atomic E-state index is 9.01. The lowest BCUT2D eigenvalue weighted by Crippen LogP contribution is -2.39. The molecule has 1 atom stereocenters. The van der Waals surface area contributed by atoms with Crippen molar-refractivity contribution in [3.8, 4) is 0 Å². The third kappa shape index (κ3) is 4.28. The highest BCUT2D eigenvalue weighted by atomic mass is 16.7. The van der Waals surface area contributed by atoms with E-state index >= 15 is 0 Å². The molecular weight excluding hydrogens is 208 g/mol. The second-order valence-electron chi connectivity index (χ2n) is 3.79. The molecule has 4 nitrogen and oxygen atoms in total. The van der Waals surface area contributed by atoms with Gasteiger partial charge in [0, 0.05) is 0 Å². The minimum absolute atomic E-state index is 0.106. The van der Waals surface area contributed by atoms with Crippen LogP contribution in [0, 0.1) is 5.92 Å². The first-order valence-corrected chi connectivity index (χ1v) is 5.32. The quantitative estimate of drug-likeness (QED) is 0.629. The first kappa shape index (κ1) is 13.1. The maximum atomic E-state index is 9.01. The summed E-state index contributed by atoms with van der Waals surface area (Å²) in [4.78, 5) is 0. The van der Waals surface area contributed by atoms with Gasteiger partial charge in [-0.3, -0.25) is 0 Å². The first-order valence-electron chi connectivity index (χ1n) is 5.32. The highest BCUT2D eigenvalue weighted by Crippen LogP contribution is 2.16. The lowest BCUT2D eigenvalue weighted by Gasteiger charge is -2.24. The van der Waals surface area contributed by atoms with Crippen molar-refractivity contribution in [3.05, 3.63) is 35.9 Å². The van der Waals surface area contributed by atoms with Gasteiger partial charge in [-0.25, -0.2) is 0 Å². The van der Waals surface area contributed by atoms with Gasteiger partial charge in [0.1, 0.15) is 0 Å². The molecule has 1 aromatic carbocycles. The van der Waals surface area contributed by atoms with E-state index in [2.05, 4.69) is 0 Å². The highest BCUT2D eigenvalue weighted by molar-refractivity contribution is 5.13. The van der Waals surface area contributed by atoms with Gasteiger partial charge in [-0.2, -0.15) is 0 Å². The van der Waals surface area contributed by atoms with Crippen LogP contribution in [-0.2, 0) is 11.3 Å². The fourth-order valence-corrected chi connectivity index (χ4v) is 1.40. The van der Waals surface area contributed by atoms with Gasteiger partial charge in [0.25, 0.3) is 5.97 Å². The fraction of sp³-hybridized carbons (Fsp3) is 0.500. The fourth-order valence-electron chi connectivity index (χ4n) is 1.40. The largest absolute Gasteiger partial charge is 0.376 e. The molecule has 1 rings (SSSR count). The van der Waals surface area contributed by atoms with Gasteiger partial charge in [0.05, 0.1) is 19.1 Å². The van der Waals surface area contributed by atoms with Gasteiger partial charge in [-0.15, -0.1) is 0 Å². The van der Waals surface area contributed by atoms with Gasteiger partial charge >= 0.3 is 0 Å². The molecule has 0 amide bonds. The Kier molecular flexibility index (Phi) is 4.89. The van der Waals surface area contributed by atoms with Crippen molar-refractivity contribution >= 4 is 0 Å². The van der Waals surface area contributed by atoms with Crippen LogP contribution in [0.15, 0.2) is 30.3 Å². The monoisotopic (exact) mass is 226 g/mol. The summed E-state index contributed by atoms with van der Waals surface area (Å²) in [7, 11) is 0. The Hall–Kier alpha value is -0.940. The van der Waals surface area contributed by atoms with Crippen molar-refractivity contribution in [2.45, 2.75) is 25.9 Å². The van der Waals surface area contributed by atoms with Crippen molar-refractivity contribution < 1.29 is 20.1 Å². The lowest BCUT2D eigenvalue weighted by molar-refractivity contribution is -0.347. The normalized spacial score (nSPS) is 13.8. The van der Waals surface area contributed by atoms with E-state index in [0.717, 1.165) is 5.56 Å². The molecule has 90 valence electrons. The zero-order valence-corrected chi connectivity index (χ0v) is 9.34. The average molecular weight is 226 g/mol. The van der Waals surface area contributed by atoms with Crippen LogP contribution in [0.4, 0.5) is 0 Å². The molecular formula is C12H18O4. The summed E-state index contributed by atoms with van der Waals surface area (Å²) >= 11 is 0. The van der Waals surface area contributed by atoms with Crippen molar-refractivity contribution in [2.24, 2.45) is 5.92 Å². The molecule has 3 N–H and O–H groups in total. The molecule has 4 heteroatoms. The van der Waals surface area contributed by atoms with Gasteiger partial charge in [-0.1, -0.05) is 37.3 Å². The van der Waals surface area contributed by atoms with E-state index in [1.807, 2.05) is 30.3 Å². The molecule has 0 aliphatic rings. The second kappa shape index (κ2) is 5.96. The third-order valence-corrected chi connectivity index (χ3v) is 2.47. The van der Waals surface area contributed by atoms with Crippen LogP contribution in [0.25, 0.3) is 0 Å². The Morgan fingerprint density at radius 3 is 2.31 bits per heavy atom. The smallest absolute Gasteiger partial charge is 0.280 e. The van der Waals surface area contributed by atoms with E-state index in [0.29, 0.717) is 13.0 Å². The van der Waals surface area contributed by atoms with Gasteiger partial charge in [0.15, 0.2) is 0 Å². The Bertz CT molecular complexity index is 292. The predicted molar refractivity (Wildman–Crippen MR) is 59.3 cm³/mol. The summed E-state index contributed by atoms with van der Waals surface area (Å²) in [5, 5.41) is 27.0. The Morgan fingerprint density at radius 2 is 1.81 bits per heavy atom. The minimum Gasteiger partial charge on any atom is -0.376 e. The van der Waals surface area contributed by atoms with Crippen molar-refractivity contribution in [3.63, 3.8) is 0 Å². The summed E-state index contributed by atoms with van der Waals surface area (Å²) in [5.74, 6) is -3.36. The topological polar surface area (TPSA) is 69.9 Å². The SMILES string of the molecule is CCC(COCc1ccccc1)C(O)(O)O.